The summed E-state index contributed by atoms with van der Waals surface area (Å²) in [6.07, 6.45) is -2.24. The highest BCUT2D eigenvalue weighted by atomic mass is 35.5. The van der Waals surface area contributed by atoms with Gasteiger partial charge in [0.1, 0.15) is 22.8 Å². The summed E-state index contributed by atoms with van der Waals surface area (Å²) in [5.74, 6) is 0.143. The van der Waals surface area contributed by atoms with Gasteiger partial charge in [0.25, 0.3) is 0 Å². The molecular weight excluding hydrogens is 563 g/mol. The number of aromatic nitrogens is 2. The molecule has 2 amide bonds. The summed E-state index contributed by atoms with van der Waals surface area (Å²) in [5, 5.41) is 7.87. The molecule has 0 saturated heterocycles. The summed E-state index contributed by atoms with van der Waals surface area (Å²) < 4.78 is 40.7. The Kier molecular flexibility index (Phi) is 8.03. The topological polar surface area (TPSA) is 131 Å². The number of rotatable bonds is 5. The number of anilines is 2. The molecule has 208 valence electrons. The molecule has 0 fully saturated rings. The van der Waals surface area contributed by atoms with Gasteiger partial charge in [0, 0.05) is 22.7 Å². The summed E-state index contributed by atoms with van der Waals surface area (Å²) in [4.78, 5) is 26.2. The molecule has 2 aromatic heterocycles. The van der Waals surface area contributed by atoms with Crippen LogP contribution < -0.4 is 22.1 Å². The third-order valence-corrected chi connectivity index (χ3v) is 7.37. The Bertz CT molecular complexity index is 1630. The van der Waals surface area contributed by atoms with Gasteiger partial charge in [-0.15, -0.1) is 11.3 Å². The Morgan fingerprint density at radius 2 is 1.82 bits per heavy atom. The first-order valence-electron chi connectivity index (χ1n) is 11.8. The molecule has 0 radical (unpaired) electrons. The smallest absolute Gasteiger partial charge is 0.399 e. The number of carbonyl (C=O) groups excluding carboxylic acids is 1. The van der Waals surface area contributed by atoms with Crippen molar-refractivity contribution in [1.29, 1.82) is 0 Å². The highest BCUT2D eigenvalue weighted by Crippen LogP contribution is 2.41. The second-order valence-corrected chi connectivity index (χ2v) is 10.7. The monoisotopic (exact) mass is 587 g/mol. The number of benzene rings is 2. The highest BCUT2D eigenvalue weighted by Gasteiger charge is 2.49. The van der Waals surface area contributed by atoms with Crippen LogP contribution in [0.3, 0.4) is 0 Å². The molecule has 13 heteroatoms. The van der Waals surface area contributed by atoms with Crippen molar-refractivity contribution in [2.24, 2.45) is 16.1 Å². The van der Waals surface area contributed by atoms with Gasteiger partial charge in [0.05, 0.1) is 27.2 Å². The molecule has 0 bridgehead atoms. The average Bonchev–Trinajstić information content (AvgIpc) is 3.31. The van der Waals surface area contributed by atoms with Crippen molar-refractivity contribution in [3.8, 4) is 11.1 Å². The zero-order chi connectivity index (χ0) is 29.2. The maximum atomic E-state index is 13.6. The predicted molar refractivity (Wildman–Crippen MR) is 155 cm³/mol. The predicted octanol–water partition coefficient (Wildman–Crippen LogP) is 7.19. The molecule has 0 spiro atoms. The summed E-state index contributed by atoms with van der Waals surface area (Å²) in [6, 6.07) is 11.1. The summed E-state index contributed by atoms with van der Waals surface area (Å²) in [7, 11) is 0. The normalized spacial score (nSPS) is 13.0. The van der Waals surface area contributed by atoms with Gasteiger partial charge in [0.15, 0.2) is 0 Å². The second-order valence-electron chi connectivity index (χ2n) is 9.42. The minimum atomic E-state index is -4.62. The summed E-state index contributed by atoms with van der Waals surface area (Å²) in [6.45, 7) is 3.77. The van der Waals surface area contributed by atoms with Gasteiger partial charge in [-0.3, -0.25) is 5.32 Å². The Balaban J connectivity index is 1.60. The first-order chi connectivity index (χ1) is 18.8. The third-order valence-electron chi connectivity index (χ3n) is 6.18. The zero-order valence-electron chi connectivity index (χ0n) is 21.6. The maximum absolute atomic E-state index is 13.6. The number of fused-ring (bicyclic) bond motifs is 1. The molecule has 6 N–H and O–H groups in total. The first kappa shape index (κ1) is 28.8. The van der Waals surface area contributed by atoms with Crippen LogP contribution >= 0.6 is 22.9 Å². The van der Waals surface area contributed by atoms with E-state index in [1.165, 1.54) is 17.7 Å². The van der Waals surface area contributed by atoms with Crippen LogP contribution in [0.2, 0.25) is 5.02 Å². The van der Waals surface area contributed by atoms with Crippen molar-refractivity contribution in [3.63, 3.8) is 0 Å². The van der Waals surface area contributed by atoms with E-state index in [9.17, 15) is 18.0 Å². The minimum Gasteiger partial charge on any atom is -0.401 e. The van der Waals surface area contributed by atoms with Gasteiger partial charge in [-0.2, -0.15) is 13.2 Å². The van der Waals surface area contributed by atoms with Gasteiger partial charge >= 0.3 is 12.2 Å². The van der Waals surface area contributed by atoms with Crippen LogP contribution in [0.15, 0.2) is 70.9 Å². The van der Waals surface area contributed by atoms with Crippen LogP contribution in [-0.4, -0.2) is 28.0 Å². The molecule has 8 nitrogen and oxygen atoms in total. The third kappa shape index (κ3) is 6.18. The van der Waals surface area contributed by atoms with E-state index < -0.39 is 23.3 Å². The van der Waals surface area contributed by atoms with Gasteiger partial charge in [-0.05, 0) is 50.6 Å². The quantitative estimate of drug-likeness (QED) is 0.145. The number of amidine groups is 1. The van der Waals surface area contributed by atoms with Crippen molar-refractivity contribution >= 4 is 62.2 Å². The average molecular weight is 588 g/mol. The number of carbonyl (C=O) groups is 1. The Labute approximate surface area is 237 Å². The number of halogens is 4. The van der Waals surface area contributed by atoms with E-state index in [1.807, 2.05) is 12.3 Å². The molecule has 0 aliphatic rings. The number of nitrogens with one attached hydrogen (secondary N) is 2. The van der Waals surface area contributed by atoms with Crippen molar-refractivity contribution < 1.29 is 18.0 Å². The van der Waals surface area contributed by atoms with E-state index in [2.05, 4.69) is 25.6 Å². The molecule has 2 heterocycles. The maximum Gasteiger partial charge on any atom is 0.399 e. The van der Waals surface area contributed by atoms with E-state index in [1.54, 1.807) is 42.5 Å². The molecule has 0 unspecified atom stereocenters. The zero-order valence-corrected chi connectivity index (χ0v) is 23.2. The molecule has 4 rings (SSSR count). The second kappa shape index (κ2) is 11.1. The fourth-order valence-electron chi connectivity index (χ4n) is 3.51. The number of nitrogens with zero attached hydrogens (tertiary/aromatic N) is 3. The van der Waals surface area contributed by atoms with Crippen LogP contribution in [0.1, 0.15) is 19.4 Å². The van der Waals surface area contributed by atoms with Crippen molar-refractivity contribution in [3.05, 3.63) is 76.5 Å². The molecular formula is C27H25ClF3N7OS. The van der Waals surface area contributed by atoms with Crippen LogP contribution in [-0.2, 0) is 0 Å². The standard InChI is InChI=1S/C27H25ClF3N7OS/c1-14-4-7-16(8-5-14)36-21(11-20(32)26(2,3)27(29,30)31)38-25(39)37-19-9-6-15(10-18(19)28)17-12-40-24-22(17)23(33)34-13-35-24/h4-13H,32H2,1-3H3,(H2,33,34,35)(H2,36,37,38,39). The Morgan fingerprint density at radius 3 is 2.48 bits per heavy atom. The first-order valence-corrected chi connectivity index (χ1v) is 13.1. The van der Waals surface area contributed by atoms with E-state index in [0.717, 1.165) is 41.4 Å². The number of aryl methyl sites for hydroxylation is 1. The van der Waals surface area contributed by atoms with Gasteiger partial charge < -0.3 is 16.8 Å². The van der Waals surface area contributed by atoms with Crippen molar-refractivity contribution in [2.45, 2.75) is 26.9 Å². The van der Waals surface area contributed by atoms with E-state index >= 15 is 0 Å². The summed E-state index contributed by atoms with van der Waals surface area (Å²) >= 11 is 7.87. The number of hydrogen-bond donors (Lipinski definition) is 4. The number of nitrogen functional groups attached to an aromatic ring is 1. The lowest BCUT2D eigenvalue weighted by Gasteiger charge is -2.28. The van der Waals surface area contributed by atoms with E-state index in [4.69, 9.17) is 23.1 Å². The van der Waals surface area contributed by atoms with Crippen LogP contribution in [0.25, 0.3) is 21.3 Å². The fraction of sp³-hybridized carbons (Fsp3) is 0.185. The van der Waals surface area contributed by atoms with Crippen LogP contribution in [0.4, 0.5) is 35.2 Å². The largest absolute Gasteiger partial charge is 0.401 e. The lowest BCUT2D eigenvalue weighted by atomic mass is 9.88. The van der Waals surface area contributed by atoms with Gasteiger partial charge in [-0.1, -0.05) is 35.4 Å². The molecule has 0 aliphatic heterocycles. The molecule has 40 heavy (non-hydrogen) atoms. The molecule has 2 aromatic carbocycles. The fourth-order valence-corrected chi connectivity index (χ4v) is 4.66. The Hall–Kier alpha value is -4.16. The highest BCUT2D eigenvalue weighted by molar-refractivity contribution is 7.17. The Morgan fingerprint density at radius 1 is 1.12 bits per heavy atom. The molecule has 0 aliphatic carbocycles. The van der Waals surface area contributed by atoms with Crippen LogP contribution in [0.5, 0.6) is 0 Å². The van der Waals surface area contributed by atoms with E-state index in [-0.39, 0.29) is 16.5 Å². The number of thiophene rings is 1. The number of amides is 2. The number of nitrogens with two attached hydrogens (primary N) is 2. The summed E-state index contributed by atoms with van der Waals surface area (Å²) in [5.41, 5.74) is 12.1. The van der Waals surface area contributed by atoms with Gasteiger partial charge in [0.2, 0.25) is 0 Å². The lowest BCUT2D eigenvalue weighted by molar-refractivity contribution is -0.197. The molecule has 4 aromatic rings. The van der Waals surface area contributed by atoms with E-state index in [0.29, 0.717) is 16.9 Å². The van der Waals surface area contributed by atoms with Crippen LogP contribution in [0, 0.1) is 12.3 Å². The minimum absolute atomic E-state index is 0.191. The number of urea groups is 1. The number of allylic oxidation sites excluding steroid dienone is 1. The van der Waals surface area contributed by atoms with Crippen molar-refractivity contribution in [1.82, 2.24) is 15.3 Å². The number of hydrogen-bond acceptors (Lipinski definition) is 7. The SMILES string of the molecule is Cc1ccc(N=C(C=C(N)C(C)(C)C(F)(F)F)NC(=O)Nc2ccc(-c3csc4ncnc(N)c34)cc2Cl)cc1. The molecule has 0 saturated carbocycles. The number of alkyl halides is 3. The van der Waals surface area contributed by atoms with Crippen molar-refractivity contribution in [2.75, 3.05) is 11.1 Å². The lowest BCUT2D eigenvalue weighted by Crippen LogP contribution is -2.39. The number of aliphatic imine (C=N–C) groups is 1. The van der Waals surface area contributed by atoms with Gasteiger partial charge in [-0.25, -0.2) is 19.8 Å². The molecule has 0 atom stereocenters.